The molecule has 0 saturated carbocycles. The summed E-state index contributed by atoms with van der Waals surface area (Å²) in [6, 6.07) is 13.6. The molecule has 3 nitrogen and oxygen atoms in total. The summed E-state index contributed by atoms with van der Waals surface area (Å²) < 4.78 is 0. The van der Waals surface area contributed by atoms with E-state index in [0.29, 0.717) is 18.5 Å². The Hall–Kier alpha value is -1.65. The molecule has 1 unspecified atom stereocenters. The summed E-state index contributed by atoms with van der Waals surface area (Å²) in [7, 11) is 0. The topological polar surface area (TPSA) is 33.5 Å². The Morgan fingerprint density at radius 2 is 2.08 bits per heavy atom. The summed E-state index contributed by atoms with van der Waals surface area (Å²) in [5, 5.41) is 5.24. The first kappa shape index (κ1) is 18.2. The van der Waals surface area contributed by atoms with Gasteiger partial charge in [0.2, 0.25) is 0 Å². The zero-order chi connectivity index (χ0) is 17.6. The summed E-state index contributed by atoms with van der Waals surface area (Å²) in [5.41, 5.74) is 2.65. The Balaban J connectivity index is 1.43. The molecule has 2 heterocycles. The van der Waals surface area contributed by atoms with Crippen LogP contribution in [0.5, 0.6) is 0 Å². The molecule has 0 spiro atoms. The van der Waals surface area contributed by atoms with Crippen molar-refractivity contribution < 1.29 is 9.69 Å². The fourth-order valence-corrected chi connectivity index (χ4v) is 4.56. The molecular formula is C21H29N2OS+. The van der Waals surface area contributed by atoms with E-state index < -0.39 is 0 Å². The molecule has 1 aliphatic heterocycles. The number of carbonyl (C=O) groups excluding carboxylic acids is 1. The number of nitrogens with one attached hydrogen (secondary N) is 2. The van der Waals surface area contributed by atoms with Crippen LogP contribution in [0.1, 0.15) is 54.7 Å². The summed E-state index contributed by atoms with van der Waals surface area (Å²) in [4.78, 5) is 15.2. The molecule has 25 heavy (non-hydrogen) atoms. The third-order valence-corrected chi connectivity index (χ3v) is 6.13. The van der Waals surface area contributed by atoms with Gasteiger partial charge >= 0.3 is 0 Å². The number of quaternary nitrogens is 1. The lowest BCUT2D eigenvalue weighted by Crippen LogP contribution is -3.11. The van der Waals surface area contributed by atoms with E-state index in [9.17, 15) is 4.79 Å². The second kappa shape index (κ2) is 8.63. The summed E-state index contributed by atoms with van der Waals surface area (Å²) in [6.45, 7) is 6.83. The maximum atomic E-state index is 12.3. The monoisotopic (exact) mass is 357 g/mol. The fraction of sp³-hybridized carbons (Fsp3) is 0.476. The predicted octanol–water partition coefficient (Wildman–Crippen LogP) is 2.95. The number of likely N-dealkylation sites (tertiary alicyclic amines) is 1. The fourth-order valence-electron chi connectivity index (χ4n) is 3.64. The lowest BCUT2D eigenvalue weighted by atomic mass is 10.0. The first-order chi connectivity index (χ1) is 12.1. The molecule has 0 radical (unpaired) electrons. The molecule has 1 amide bonds. The lowest BCUT2D eigenvalue weighted by Gasteiger charge is -2.20. The number of hydrogen-bond acceptors (Lipinski definition) is 2. The molecule has 1 aliphatic rings. The number of hydrogen-bond donors (Lipinski definition) is 2. The van der Waals surface area contributed by atoms with Crippen LogP contribution in [-0.4, -0.2) is 25.5 Å². The van der Waals surface area contributed by atoms with E-state index in [1.54, 1.807) is 0 Å². The van der Waals surface area contributed by atoms with Crippen molar-refractivity contribution in [3.05, 3.63) is 57.8 Å². The van der Waals surface area contributed by atoms with Crippen LogP contribution < -0.4 is 10.2 Å². The maximum absolute atomic E-state index is 12.3. The van der Waals surface area contributed by atoms with Crippen LogP contribution in [-0.2, 0) is 11.2 Å². The van der Waals surface area contributed by atoms with Crippen LogP contribution in [0.3, 0.4) is 0 Å². The third kappa shape index (κ3) is 4.93. The number of amides is 1. The molecule has 0 aliphatic carbocycles. The first-order valence-electron chi connectivity index (χ1n) is 9.37. The van der Waals surface area contributed by atoms with Crippen LogP contribution in [0.2, 0.25) is 0 Å². The van der Waals surface area contributed by atoms with Gasteiger partial charge in [0.15, 0.2) is 6.54 Å². The number of carbonyl (C=O) groups is 1. The van der Waals surface area contributed by atoms with Crippen molar-refractivity contribution >= 4 is 17.2 Å². The van der Waals surface area contributed by atoms with Gasteiger partial charge in [0.25, 0.3) is 5.91 Å². The second-order valence-electron chi connectivity index (χ2n) is 7.29. The van der Waals surface area contributed by atoms with Crippen molar-refractivity contribution in [1.29, 1.82) is 0 Å². The van der Waals surface area contributed by atoms with Gasteiger partial charge in [-0.15, -0.1) is 11.3 Å². The highest BCUT2D eigenvalue weighted by atomic mass is 32.1. The van der Waals surface area contributed by atoms with Crippen LogP contribution >= 0.6 is 11.3 Å². The normalized spacial score (nSPS) is 20.1. The minimum atomic E-state index is 0.178. The smallest absolute Gasteiger partial charge is 0.275 e. The summed E-state index contributed by atoms with van der Waals surface area (Å²) >= 11 is 1.82. The van der Waals surface area contributed by atoms with Gasteiger partial charge in [-0.3, -0.25) is 4.79 Å². The molecule has 3 rings (SSSR count). The van der Waals surface area contributed by atoms with E-state index in [0.717, 1.165) is 19.5 Å². The zero-order valence-electron chi connectivity index (χ0n) is 15.3. The van der Waals surface area contributed by atoms with E-state index in [4.69, 9.17) is 0 Å². The van der Waals surface area contributed by atoms with Crippen molar-refractivity contribution in [3.63, 3.8) is 0 Å². The van der Waals surface area contributed by atoms with Crippen molar-refractivity contribution in [1.82, 2.24) is 5.32 Å². The zero-order valence-corrected chi connectivity index (χ0v) is 16.1. The first-order valence-corrected chi connectivity index (χ1v) is 10.2. The molecule has 1 aromatic carbocycles. The number of thiophene rings is 1. The highest BCUT2D eigenvalue weighted by Gasteiger charge is 2.31. The number of benzene rings is 1. The Kier molecular flexibility index (Phi) is 6.27. The van der Waals surface area contributed by atoms with Crippen molar-refractivity contribution in [2.75, 3.05) is 19.6 Å². The van der Waals surface area contributed by atoms with E-state index in [-0.39, 0.29) is 5.91 Å². The minimum Gasteiger partial charge on any atom is -0.351 e. The Labute approximate surface area is 155 Å². The van der Waals surface area contributed by atoms with E-state index in [1.165, 1.54) is 33.7 Å². The van der Waals surface area contributed by atoms with Gasteiger partial charge in [0, 0.05) is 19.4 Å². The van der Waals surface area contributed by atoms with Gasteiger partial charge in [-0.25, -0.2) is 0 Å². The van der Waals surface area contributed by atoms with Gasteiger partial charge in [-0.1, -0.05) is 44.2 Å². The molecule has 0 bridgehead atoms. The maximum Gasteiger partial charge on any atom is 0.275 e. The van der Waals surface area contributed by atoms with Crippen LogP contribution in [0.4, 0.5) is 0 Å². The SMILES string of the molecule is CC(C)c1ccc(CCNC(=O)C[NH+]2CCC[C@H]2c2cccs2)cc1. The Morgan fingerprint density at radius 1 is 1.28 bits per heavy atom. The molecule has 4 heteroatoms. The van der Waals surface area contributed by atoms with Gasteiger partial charge < -0.3 is 10.2 Å². The van der Waals surface area contributed by atoms with Crippen molar-refractivity contribution in [3.8, 4) is 0 Å². The van der Waals surface area contributed by atoms with Crippen molar-refractivity contribution in [2.45, 2.75) is 45.1 Å². The Morgan fingerprint density at radius 3 is 2.76 bits per heavy atom. The van der Waals surface area contributed by atoms with E-state index in [2.05, 4.69) is 60.9 Å². The quantitative estimate of drug-likeness (QED) is 0.785. The molecule has 2 atom stereocenters. The van der Waals surface area contributed by atoms with E-state index >= 15 is 0 Å². The van der Waals surface area contributed by atoms with Crippen LogP contribution in [0.25, 0.3) is 0 Å². The Bertz CT molecular complexity index is 664. The number of rotatable bonds is 7. The van der Waals surface area contributed by atoms with Gasteiger partial charge in [0.1, 0.15) is 6.04 Å². The molecular weight excluding hydrogens is 328 g/mol. The molecule has 1 fully saturated rings. The average molecular weight is 358 g/mol. The standard InChI is InChI=1S/C21H28N2OS/c1-16(2)18-9-7-17(8-10-18)11-12-22-21(24)15-23-13-3-5-19(23)20-6-4-14-25-20/h4,6-10,14,16,19H,3,5,11-13,15H2,1-2H3,(H,22,24)/p+1/t19-/m0/s1. The van der Waals surface area contributed by atoms with Gasteiger partial charge in [-0.05, 0) is 34.9 Å². The van der Waals surface area contributed by atoms with Crippen LogP contribution in [0, 0.1) is 0 Å². The van der Waals surface area contributed by atoms with Gasteiger partial charge in [-0.2, -0.15) is 0 Å². The second-order valence-corrected chi connectivity index (χ2v) is 8.27. The molecule has 1 aromatic heterocycles. The van der Waals surface area contributed by atoms with Crippen molar-refractivity contribution in [2.24, 2.45) is 0 Å². The lowest BCUT2D eigenvalue weighted by molar-refractivity contribution is -0.910. The minimum absolute atomic E-state index is 0.178. The highest BCUT2D eigenvalue weighted by molar-refractivity contribution is 7.10. The van der Waals surface area contributed by atoms with Gasteiger partial charge in [0.05, 0.1) is 11.4 Å². The summed E-state index contributed by atoms with van der Waals surface area (Å²) in [5.74, 6) is 0.741. The third-order valence-electron chi connectivity index (χ3n) is 5.14. The summed E-state index contributed by atoms with van der Waals surface area (Å²) in [6.07, 6.45) is 3.31. The molecule has 2 N–H and O–H groups in total. The van der Waals surface area contributed by atoms with Crippen LogP contribution in [0.15, 0.2) is 41.8 Å². The highest BCUT2D eigenvalue weighted by Crippen LogP contribution is 2.23. The molecule has 134 valence electrons. The molecule has 1 saturated heterocycles. The largest absolute Gasteiger partial charge is 0.351 e. The predicted molar refractivity (Wildman–Crippen MR) is 104 cm³/mol. The molecule has 2 aromatic rings. The van der Waals surface area contributed by atoms with E-state index in [1.807, 2.05) is 11.3 Å². The average Bonchev–Trinajstić information content (AvgIpc) is 3.26.